The highest BCUT2D eigenvalue weighted by Crippen LogP contribution is 2.31. The highest BCUT2D eigenvalue weighted by atomic mass is 35.5. The maximum atomic E-state index is 14.0. The monoisotopic (exact) mass is 1480 g/mol. The van der Waals surface area contributed by atoms with Crippen LogP contribution in [0, 0.1) is 13.8 Å². The van der Waals surface area contributed by atoms with Gasteiger partial charge >= 0.3 is 0 Å². The molecule has 11 heterocycles. The van der Waals surface area contributed by atoms with Crippen LogP contribution in [0.4, 0.5) is 24.5 Å². The Hall–Kier alpha value is -11.2. The number of nitrogen functional groups attached to an aromatic ring is 2. The molecule has 8 aromatic heterocycles. The lowest BCUT2D eigenvalue weighted by Crippen LogP contribution is -2.60. The van der Waals surface area contributed by atoms with Gasteiger partial charge in [-0.15, -0.1) is 0 Å². The van der Waals surface area contributed by atoms with Gasteiger partial charge in [-0.2, -0.15) is 0 Å². The van der Waals surface area contributed by atoms with Gasteiger partial charge in [-0.1, -0.05) is 71.2 Å². The summed E-state index contributed by atoms with van der Waals surface area (Å²) in [7, 11) is 1.84. The van der Waals surface area contributed by atoms with Crippen molar-refractivity contribution in [2.45, 2.75) is 90.9 Å². The summed E-state index contributed by atoms with van der Waals surface area (Å²) in [4.78, 5) is 147. The number of H-pyrrole nitrogens is 1. The molecule has 6 amide bonds. The predicted molar refractivity (Wildman–Crippen MR) is 386 cm³/mol. The normalized spacial score (nSPS) is 14.8. The van der Waals surface area contributed by atoms with Crippen LogP contribution in [-0.2, 0) is 60.7 Å². The van der Waals surface area contributed by atoms with E-state index >= 15 is 0 Å². The molecule has 0 atom stereocenters. The van der Waals surface area contributed by atoms with Crippen LogP contribution >= 0.6 is 34.8 Å². The number of aryl methyl sites for hydroxylation is 3. The number of carbonyl (C=O) groups is 6. The molecule has 0 radical (unpaired) electrons. The smallest absolute Gasteiger partial charge is 0.265 e. The van der Waals surface area contributed by atoms with Crippen molar-refractivity contribution in [3.8, 4) is 0 Å². The quantitative estimate of drug-likeness (QED) is 0.0591. The Labute approximate surface area is 603 Å². The number of nitrogens with two attached hydrogens (primary N) is 2. The van der Waals surface area contributed by atoms with E-state index in [1.165, 1.54) is 70.6 Å². The van der Waals surface area contributed by atoms with E-state index in [1.54, 1.807) is 85.9 Å². The van der Waals surface area contributed by atoms with Gasteiger partial charge in [-0.3, -0.25) is 56.9 Å². The molecule has 3 aromatic carbocycles. The van der Waals surface area contributed by atoms with Crippen LogP contribution in [0.25, 0.3) is 55.2 Å². The molecule has 3 aliphatic heterocycles. The lowest BCUT2D eigenvalue weighted by Gasteiger charge is -2.42. The number of nitrogens with zero attached hydrogens (tertiary/aromatic N) is 12. The first-order valence-electron chi connectivity index (χ1n) is 32.5. The molecule has 3 aliphatic rings. The zero-order valence-corrected chi connectivity index (χ0v) is 59.1. The lowest BCUT2D eigenvalue weighted by molar-refractivity contribution is -0.145. The number of hydrogen-bond acceptors (Lipinski definition) is 16. The Kier molecular flexibility index (Phi) is 19.9. The van der Waals surface area contributed by atoms with Crippen molar-refractivity contribution in [1.29, 1.82) is 0 Å². The Morgan fingerprint density at radius 1 is 0.500 bits per heavy atom. The molecule has 538 valence electrons. The summed E-state index contributed by atoms with van der Waals surface area (Å²) < 4.78 is 47.0. The van der Waals surface area contributed by atoms with Crippen LogP contribution in [-0.4, -0.2) is 155 Å². The molecule has 0 bridgehead atoms. The van der Waals surface area contributed by atoms with Crippen LogP contribution in [0.3, 0.4) is 0 Å². The third-order valence-corrected chi connectivity index (χ3v) is 18.7. The van der Waals surface area contributed by atoms with E-state index in [2.05, 4.69) is 45.9 Å². The minimum absolute atomic E-state index is 0.0447. The standard InChI is InChI=1S/C25H24ClFN6O3.C24H22ClFN6O3.C22H22ClFN6O3/c1-14-30-21-17-8-18(23(35)29-9-15-4-6-16(26)7-5-15)24(36)33(22(17)28-10-19(21)31(14)3)11-20(34)32-12-25(2,27)13-32;1-13-29-18-9-27-21-16(20(18)30-13)7-17(22(34)28-8-14-3-5-15(25)6-4-14)23(35)32(21)10-19(33)31-11-24(2,26)12-31;1-22(24)10-29(11-22)17(31)9-30-19-14(18(26)16(25)8-27-19)6-15(21(30)33)20(32)28-7-12-2-4-13(23)5-3-12/h4-8,10H,9,11-13H2,1-3H3,(H,29,35);3-7,9H,8,10-12H2,1-2H3,(H,28,34)(H,29,30);2-6,8H,7,9-11,25H2,1H3,(H2,26,27)(H,28,32). The fraction of sp³-hybridized carbons (Fsp3) is 0.296. The van der Waals surface area contributed by atoms with Crippen molar-refractivity contribution in [3.05, 3.63) is 201 Å². The van der Waals surface area contributed by atoms with Gasteiger partial charge in [-0.25, -0.2) is 38.1 Å². The predicted octanol–water partition coefficient (Wildman–Crippen LogP) is 7.20. The molecule has 3 saturated heterocycles. The summed E-state index contributed by atoms with van der Waals surface area (Å²) in [6.45, 7) is 6.90. The number of carbonyl (C=O) groups excluding carboxylic acids is 6. The molecule has 27 nitrogen and oxygen atoms in total. The number of fused-ring (bicyclic) bond motifs is 7. The molecule has 33 heteroatoms. The van der Waals surface area contributed by atoms with Crippen molar-refractivity contribution in [3.63, 3.8) is 0 Å². The molecule has 14 rings (SSSR count). The van der Waals surface area contributed by atoms with Gasteiger partial charge < -0.3 is 51.7 Å². The number of amides is 6. The number of halogens is 6. The van der Waals surface area contributed by atoms with E-state index < -0.39 is 75.7 Å². The van der Waals surface area contributed by atoms with Crippen LogP contribution in [0.2, 0.25) is 15.1 Å². The Bertz CT molecular complexity index is 5500. The topological polar surface area (TPSA) is 351 Å². The van der Waals surface area contributed by atoms with Gasteiger partial charge in [0, 0.05) is 57.9 Å². The van der Waals surface area contributed by atoms with Crippen molar-refractivity contribution < 1.29 is 41.9 Å². The lowest BCUT2D eigenvalue weighted by atomic mass is 9.99. The molecule has 0 unspecified atom stereocenters. The minimum atomic E-state index is -1.46. The summed E-state index contributed by atoms with van der Waals surface area (Å²) in [5.74, 6) is -1.80. The fourth-order valence-electron chi connectivity index (χ4n) is 12.4. The second kappa shape index (κ2) is 28.5. The number of aromatic nitrogens is 10. The zero-order valence-electron chi connectivity index (χ0n) is 56.8. The summed E-state index contributed by atoms with van der Waals surface area (Å²) >= 11 is 17.7. The molecule has 11 aromatic rings. The van der Waals surface area contributed by atoms with Gasteiger partial charge in [0.05, 0.1) is 80.3 Å². The Balaban J connectivity index is 0.000000147. The second-order valence-corrected chi connectivity index (χ2v) is 28.0. The Morgan fingerprint density at radius 3 is 1.21 bits per heavy atom. The van der Waals surface area contributed by atoms with E-state index in [1.807, 2.05) is 18.5 Å². The Morgan fingerprint density at radius 2 is 0.837 bits per heavy atom. The molecule has 0 aliphatic carbocycles. The number of imidazole rings is 2. The number of rotatable bonds is 15. The number of hydrogen-bond donors (Lipinski definition) is 6. The summed E-state index contributed by atoms with van der Waals surface area (Å²) in [6, 6.07) is 25.0. The van der Waals surface area contributed by atoms with Gasteiger partial charge in [-0.05, 0) is 106 Å². The van der Waals surface area contributed by atoms with Crippen molar-refractivity contribution in [2.75, 3.05) is 50.7 Å². The summed E-state index contributed by atoms with van der Waals surface area (Å²) in [6.07, 6.45) is 4.39. The number of benzene rings is 3. The van der Waals surface area contributed by atoms with E-state index in [0.717, 1.165) is 37.2 Å². The van der Waals surface area contributed by atoms with Gasteiger partial charge in [0.2, 0.25) is 17.7 Å². The second-order valence-electron chi connectivity index (χ2n) is 26.7. The molecule has 104 heavy (non-hydrogen) atoms. The van der Waals surface area contributed by atoms with Crippen LogP contribution in [0.5, 0.6) is 0 Å². The van der Waals surface area contributed by atoms with E-state index in [0.29, 0.717) is 48.2 Å². The molecule has 0 saturated carbocycles. The first kappa shape index (κ1) is 72.5. The third-order valence-electron chi connectivity index (χ3n) is 18.0. The maximum Gasteiger partial charge on any atom is 0.265 e. The fourth-order valence-corrected chi connectivity index (χ4v) is 12.8. The van der Waals surface area contributed by atoms with Crippen molar-refractivity contribution in [2.24, 2.45) is 7.05 Å². The number of pyridine rings is 6. The van der Waals surface area contributed by atoms with Gasteiger partial charge in [0.25, 0.3) is 34.4 Å². The minimum Gasteiger partial charge on any atom is -0.396 e. The van der Waals surface area contributed by atoms with Crippen molar-refractivity contribution >= 4 is 137 Å². The van der Waals surface area contributed by atoms with Crippen LogP contribution < -0.4 is 44.1 Å². The third kappa shape index (κ3) is 15.3. The maximum absolute atomic E-state index is 14.0. The molecule has 3 fully saturated rings. The van der Waals surface area contributed by atoms with Gasteiger partial charge in [0.15, 0.2) is 0 Å². The van der Waals surface area contributed by atoms with Crippen LogP contribution in [0.15, 0.2) is 124 Å². The first-order chi connectivity index (χ1) is 49.2. The van der Waals surface area contributed by atoms with E-state index in [-0.39, 0.29) is 122 Å². The van der Waals surface area contributed by atoms with Crippen molar-refractivity contribution in [1.82, 2.24) is 78.8 Å². The molecular weight excluding hydrogens is 1410 g/mol. The molecule has 0 spiro atoms. The molecule has 8 N–H and O–H groups in total. The largest absolute Gasteiger partial charge is 0.396 e. The zero-order chi connectivity index (χ0) is 74.6. The number of alkyl halides is 3. The first-order valence-corrected chi connectivity index (χ1v) is 33.6. The summed E-state index contributed by atoms with van der Waals surface area (Å²) in [5, 5.41) is 11.1. The average molecular weight is 1480 g/mol. The average Bonchev–Trinajstić information content (AvgIpc) is 0.810. The number of likely N-dealkylation sites (tertiary alicyclic amines) is 3. The highest BCUT2D eigenvalue weighted by molar-refractivity contribution is 6.31. The van der Waals surface area contributed by atoms with E-state index in [4.69, 9.17) is 46.3 Å². The van der Waals surface area contributed by atoms with E-state index in [9.17, 15) is 56.3 Å². The number of aromatic amines is 1. The highest BCUT2D eigenvalue weighted by Gasteiger charge is 2.44. The van der Waals surface area contributed by atoms with Crippen LogP contribution in [0.1, 0.15) is 80.2 Å². The SMILES string of the molecule is CC1(F)CN(C(=O)Cn2c(=O)c(C(=O)NCc3ccc(Cl)cc3)cc3c(N)c(N)cnc32)C1.Cc1nc2c(cnc3c2cc(C(=O)NCc2ccc(Cl)cc2)c(=O)n3CC(=O)N2CC(C)(F)C2)[nH]1.Cc1nc2c3cc(C(=O)NCc4ccc(Cl)cc4)c(=O)n(CC(=O)N4CC(C)(F)C4)c3ncc2n1C. The number of nitrogens with one attached hydrogen (secondary N) is 4. The summed E-state index contributed by atoms with van der Waals surface area (Å²) in [5.41, 5.74) is 10.8. The molecular formula is C71H68Cl3F3N18O9. The van der Waals surface area contributed by atoms with Gasteiger partial charge in [0.1, 0.15) is 93.0 Å². The number of anilines is 2.